The fraction of sp³-hybridized carbons (Fsp3) is 0.238. The monoisotopic (exact) mass is 421 g/mol. The Kier molecular flexibility index (Phi) is 4.80. The van der Waals surface area contributed by atoms with Crippen LogP contribution in [0.3, 0.4) is 0 Å². The zero-order chi connectivity index (χ0) is 20.5. The van der Waals surface area contributed by atoms with E-state index >= 15 is 0 Å². The molecule has 8 nitrogen and oxygen atoms in total. The quantitative estimate of drug-likeness (QED) is 0.540. The van der Waals surface area contributed by atoms with Gasteiger partial charge in [0.25, 0.3) is 0 Å². The Hall–Kier alpha value is -3.46. The molecule has 152 valence electrons. The van der Waals surface area contributed by atoms with Crippen molar-refractivity contribution in [2.45, 2.75) is 18.9 Å². The van der Waals surface area contributed by atoms with Crippen molar-refractivity contribution in [3.63, 3.8) is 0 Å². The summed E-state index contributed by atoms with van der Waals surface area (Å²) in [6.07, 6.45) is 1.35. The lowest BCUT2D eigenvalue weighted by Crippen LogP contribution is -2.42. The van der Waals surface area contributed by atoms with Gasteiger partial charge in [0.1, 0.15) is 5.01 Å². The Labute approximate surface area is 175 Å². The first-order valence-electron chi connectivity index (χ1n) is 9.74. The second-order valence-corrected chi connectivity index (χ2v) is 7.90. The molecule has 0 saturated carbocycles. The number of nitrogens with one attached hydrogen (secondary N) is 1. The van der Waals surface area contributed by atoms with E-state index in [-0.39, 0.29) is 17.8 Å². The highest BCUT2D eigenvalue weighted by Crippen LogP contribution is 2.26. The number of aromatic nitrogens is 3. The van der Waals surface area contributed by atoms with Gasteiger partial charge in [0.2, 0.25) is 5.95 Å². The summed E-state index contributed by atoms with van der Waals surface area (Å²) in [7, 11) is 0. The molecule has 30 heavy (non-hydrogen) atoms. The molecule has 1 saturated heterocycles. The minimum absolute atomic E-state index is 0.00674. The molecule has 0 aliphatic carbocycles. The predicted molar refractivity (Wildman–Crippen MR) is 115 cm³/mol. The van der Waals surface area contributed by atoms with Crippen LogP contribution in [-0.4, -0.2) is 37.9 Å². The first kappa shape index (κ1) is 18.6. The van der Waals surface area contributed by atoms with Gasteiger partial charge in [-0.15, -0.1) is 0 Å². The van der Waals surface area contributed by atoms with E-state index in [1.807, 2.05) is 48.5 Å². The summed E-state index contributed by atoms with van der Waals surface area (Å²) in [6, 6.07) is 16.9. The van der Waals surface area contributed by atoms with Crippen LogP contribution in [0.5, 0.6) is 0 Å². The molecule has 2 amide bonds. The van der Waals surface area contributed by atoms with Crippen LogP contribution in [-0.2, 0) is 0 Å². The number of anilines is 1. The molecule has 2 aromatic heterocycles. The van der Waals surface area contributed by atoms with Crippen LogP contribution in [0.4, 0.5) is 10.7 Å². The highest BCUT2D eigenvalue weighted by Gasteiger charge is 2.27. The van der Waals surface area contributed by atoms with Gasteiger partial charge in [-0.3, -0.25) is 9.88 Å². The Morgan fingerprint density at radius 2 is 1.80 bits per heavy atom. The molecule has 1 fully saturated rings. The number of fused-ring (bicyclic) bond motifs is 1. The standard InChI is InChI=1S/C21H19N5O3S/c27-20(23-19-22-18(30-24-19)14-6-2-1-3-7-14)25-12-10-15(11-13-25)26-16-8-4-5-9-17(16)29-21(26)28/h1-9,15H,10-13H2,(H,23,24,27). The van der Waals surface area contributed by atoms with Crippen LogP contribution < -0.4 is 11.1 Å². The largest absolute Gasteiger partial charge is 0.420 e. The molecular formula is C21H19N5O3S. The molecule has 0 bridgehead atoms. The molecule has 1 N–H and O–H groups in total. The van der Waals surface area contributed by atoms with Crippen molar-refractivity contribution in [3.8, 4) is 10.6 Å². The lowest BCUT2D eigenvalue weighted by atomic mass is 10.0. The Bertz CT molecular complexity index is 1240. The molecule has 2 aromatic carbocycles. The SMILES string of the molecule is O=C(Nc1nsc(-c2ccccc2)n1)N1CCC(n2c(=O)oc3ccccc32)CC1. The van der Waals surface area contributed by atoms with E-state index in [2.05, 4.69) is 14.7 Å². The van der Waals surface area contributed by atoms with E-state index < -0.39 is 0 Å². The van der Waals surface area contributed by atoms with Gasteiger partial charge >= 0.3 is 11.8 Å². The third-order valence-electron chi connectivity index (χ3n) is 5.30. The van der Waals surface area contributed by atoms with Crippen molar-refractivity contribution >= 4 is 34.6 Å². The number of oxazole rings is 1. The summed E-state index contributed by atoms with van der Waals surface area (Å²) < 4.78 is 11.3. The highest BCUT2D eigenvalue weighted by atomic mass is 32.1. The number of likely N-dealkylation sites (tertiary alicyclic amines) is 1. The predicted octanol–water partition coefficient (Wildman–Crippen LogP) is 3.98. The third kappa shape index (κ3) is 3.48. The number of para-hydroxylation sites is 2. The van der Waals surface area contributed by atoms with Gasteiger partial charge in [-0.2, -0.15) is 9.36 Å². The number of carbonyl (C=O) groups is 1. The van der Waals surface area contributed by atoms with Gasteiger partial charge in [-0.05, 0) is 36.5 Å². The number of nitrogens with zero attached hydrogens (tertiary/aromatic N) is 4. The van der Waals surface area contributed by atoms with E-state index in [0.717, 1.165) is 16.1 Å². The third-order valence-corrected chi connectivity index (χ3v) is 6.07. The summed E-state index contributed by atoms with van der Waals surface area (Å²) in [4.78, 5) is 31.1. The lowest BCUT2D eigenvalue weighted by Gasteiger charge is -2.31. The van der Waals surface area contributed by atoms with Crippen molar-refractivity contribution < 1.29 is 9.21 Å². The van der Waals surface area contributed by atoms with Crippen molar-refractivity contribution in [3.05, 3.63) is 65.1 Å². The van der Waals surface area contributed by atoms with E-state index in [0.29, 0.717) is 37.5 Å². The molecule has 9 heteroatoms. The maximum atomic E-state index is 12.6. The van der Waals surface area contributed by atoms with Gasteiger partial charge in [0.15, 0.2) is 5.58 Å². The van der Waals surface area contributed by atoms with E-state index in [1.54, 1.807) is 15.5 Å². The van der Waals surface area contributed by atoms with Gasteiger partial charge < -0.3 is 9.32 Å². The van der Waals surface area contributed by atoms with Gasteiger partial charge in [-0.25, -0.2) is 9.59 Å². The number of hydrogen-bond donors (Lipinski definition) is 1. The van der Waals surface area contributed by atoms with E-state index in [4.69, 9.17) is 4.42 Å². The maximum Gasteiger partial charge on any atom is 0.420 e. The first-order chi connectivity index (χ1) is 14.7. The van der Waals surface area contributed by atoms with E-state index in [1.165, 1.54) is 11.5 Å². The fourth-order valence-corrected chi connectivity index (χ4v) is 4.43. The van der Waals surface area contributed by atoms with Crippen molar-refractivity contribution in [1.29, 1.82) is 0 Å². The number of urea groups is 1. The highest BCUT2D eigenvalue weighted by molar-refractivity contribution is 7.09. The molecule has 0 spiro atoms. The second-order valence-electron chi connectivity index (χ2n) is 7.14. The summed E-state index contributed by atoms with van der Waals surface area (Å²) >= 11 is 1.25. The molecule has 5 rings (SSSR count). The number of rotatable bonds is 3. The van der Waals surface area contributed by atoms with Gasteiger partial charge in [0.05, 0.1) is 5.52 Å². The molecule has 0 radical (unpaired) electrons. The summed E-state index contributed by atoms with van der Waals surface area (Å²) in [5.41, 5.74) is 2.35. The summed E-state index contributed by atoms with van der Waals surface area (Å²) in [6.45, 7) is 1.08. The average Bonchev–Trinajstić information content (AvgIpc) is 3.38. The minimum Gasteiger partial charge on any atom is -0.408 e. The number of hydrogen-bond acceptors (Lipinski definition) is 6. The number of carbonyl (C=O) groups excluding carboxylic acids is 1. The Balaban J connectivity index is 1.24. The Morgan fingerprint density at radius 1 is 1.07 bits per heavy atom. The Morgan fingerprint density at radius 3 is 2.60 bits per heavy atom. The van der Waals surface area contributed by atoms with Gasteiger partial charge in [-0.1, -0.05) is 42.5 Å². The lowest BCUT2D eigenvalue weighted by molar-refractivity contribution is 0.182. The topological polar surface area (TPSA) is 93.3 Å². The van der Waals surface area contributed by atoms with Crippen molar-refractivity contribution in [2.75, 3.05) is 18.4 Å². The summed E-state index contributed by atoms with van der Waals surface area (Å²) in [5, 5.41) is 3.54. The molecule has 4 aromatic rings. The van der Waals surface area contributed by atoms with Crippen LogP contribution >= 0.6 is 11.5 Å². The maximum absolute atomic E-state index is 12.6. The van der Waals surface area contributed by atoms with E-state index in [9.17, 15) is 9.59 Å². The molecule has 0 unspecified atom stereocenters. The summed E-state index contributed by atoms with van der Waals surface area (Å²) in [5.74, 6) is -0.0396. The number of amides is 2. The molecular weight excluding hydrogens is 402 g/mol. The zero-order valence-electron chi connectivity index (χ0n) is 16.0. The van der Waals surface area contributed by atoms with Crippen LogP contribution in [0.2, 0.25) is 0 Å². The van der Waals surface area contributed by atoms with Gasteiger partial charge in [0, 0.05) is 24.7 Å². The van der Waals surface area contributed by atoms with Crippen LogP contribution in [0, 0.1) is 0 Å². The fourth-order valence-electron chi connectivity index (χ4n) is 3.80. The molecule has 3 heterocycles. The minimum atomic E-state index is -0.348. The first-order valence-corrected chi connectivity index (χ1v) is 10.5. The van der Waals surface area contributed by atoms with Crippen LogP contribution in [0.25, 0.3) is 21.7 Å². The smallest absolute Gasteiger partial charge is 0.408 e. The van der Waals surface area contributed by atoms with Crippen molar-refractivity contribution in [1.82, 2.24) is 18.8 Å². The van der Waals surface area contributed by atoms with Crippen LogP contribution in [0.15, 0.2) is 63.8 Å². The average molecular weight is 421 g/mol. The van der Waals surface area contributed by atoms with Crippen molar-refractivity contribution in [2.24, 2.45) is 0 Å². The number of piperidine rings is 1. The zero-order valence-corrected chi connectivity index (χ0v) is 16.8. The molecule has 1 aliphatic rings. The van der Waals surface area contributed by atoms with Crippen LogP contribution in [0.1, 0.15) is 18.9 Å². The number of benzene rings is 2. The molecule has 0 atom stereocenters. The normalized spacial score (nSPS) is 14.9. The second kappa shape index (κ2) is 7.75. The molecule has 1 aliphatic heterocycles.